The van der Waals surface area contributed by atoms with E-state index in [-0.39, 0.29) is 17.7 Å². The van der Waals surface area contributed by atoms with Crippen LogP contribution in [0.3, 0.4) is 0 Å². The van der Waals surface area contributed by atoms with Crippen LogP contribution in [0.25, 0.3) is 23.1 Å². The maximum Gasteiger partial charge on any atom is 0.313 e. The molecular weight excluding hydrogens is 546 g/mol. The molecule has 1 atom stereocenters. The molecule has 0 spiro atoms. The Balaban J connectivity index is 1.42. The lowest BCUT2D eigenvalue weighted by molar-refractivity contribution is -0.145. The number of rotatable bonds is 12. The predicted molar refractivity (Wildman–Crippen MR) is 173 cm³/mol. The van der Waals surface area contributed by atoms with Crippen molar-refractivity contribution >= 4 is 54.5 Å². The summed E-state index contributed by atoms with van der Waals surface area (Å²) in [7, 11) is -1.28. The van der Waals surface area contributed by atoms with Crippen molar-refractivity contribution in [2.75, 3.05) is 6.61 Å². The van der Waals surface area contributed by atoms with Gasteiger partial charge in [0.05, 0.1) is 23.7 Å². The highest BCUT2D eigenvalue weighted by Gasteiger charge is 2.24. The van der Waals surface area contributed by atoms with E-state index in [4.69, 9.17) is 16.3 Å². The molecule has 4 aromatic rings. The standard InChI is InChI=1S/C35H38ClNO3Si/c1-5-31(35(39)40-21-22-41(2,3)4)32-12-7-6-10-26(32)16-20-34(38)28-11-8-9-25(23-28)13-18-30-19-15-27-14-17-29(36)24-33(27)37-30/h6-15,17-19,23-24,31H,5,16,20-22H2,1-4H3/b18-13+. The maximum absolute atomic E-state index is 13.2. The number of fused-ring (bicyclic) bond motifs is 1. The van der Waals surface area contributed by atoms with Gasteiger partial charge in [-0.1, -0.05) is 98.8 Å². The molecule has 0 N–H and O–H groups in total. The monoisotopic (exact) mass is 583 g/mol. The van der Waals surface area contributed by atoms with Gasteiger partial charge in [-0.15, -0.1) is 0 Å². The van der Waals surface area contributed by atoms with Crippen LogP contribution in [0.2, 0.25) is 30.7 Å². The minimum Gasteiger partial charge on any atom is -0.466 e. The first-order chi connectivity index (χ1) is 19.6. The number of pyridine rings is 1. The predicted octanol–water partition coefficient (Wildman–Crippen LogP) is 9.25. The zero-order chi connectivity index (χ0) is 29.4. The van der Waals surface area contributed by atoms with Gasteiger partial charge in [0, 0.05) is 30.5 Å². The fourth-order valence-corrected chi connectivity index (χ4v) is 5.64. The molecule has 0 saturated heterocycles. The molecule has 0 fully saturated rings. The van der Waals surface area contributed by atoms with Gasteiger partial charge >= 0.3 is 5.97 Å². The highest BCUT2D eigenvalue weighted by Crippen LogP contribution is 2.27. The van der Waals surface area contributed by atoms with Crippen LogP contribution in [0.15, 0.2) is 78.9 Å². The van der Waals surface area contributed by atoms with Gasteiger partial charge in [0.25, 0.3) is 0 Å². The van der Waals surface area contributed by atoms with Crippen LogP contribution in [0.4, 0.5) is 0 Å². The summed E-state index contributed by atoms with van der Waals surface area (Å²) in [6, 6.07) is 26.2. The van der Waals surface area contributed by atoms with Gasteiger partial charge in [0.2, 0.25) is 0 Å². The van der Waals surface area contributed by atoms with Gasteiger partial charge in [-0.3, -0.25) is 9.59 Å². The first-order valence-corrected chi connectivity index (χ1v) is 18.3. The molecule has 212 valence electrons. The number of halogens is 1. The van der Waals surface area contributed by atoms with Crippen molar-refractivity contribution in [2.45, 2.75) is 57.8 Å². The van der Waals surface area contributed by atoms with E-state index in [1.54, 1.807) is 0 Å². The Kier molecular flexibility index (Phi) is 10.3. The molecule has 0 radical (unpaired) electrons. The summed E-state index contributed by atoms with van der Waals surface area (Å²) >= 11 is 6.12. The lowest BCUT2D eigenvalue weighted by Gasteiger charge is -2.20. The van der Waals surface area contributed by atoms with Gasteiger partial charge < -0.3 is 4.74 Å². The summed E-state index contributed by atoms with van der Waals surface area (Å²) in [4.78, 5) is 30.8. The summed E-state index contributed by atoms with van der Waals surface area (Å²) in [5, 5.41) is 1.69. The second-order valence-electron chi connectivity index (χ2n) is 11.6. The van der Waals surface area contributed by atoms with E-state index in [1.165, 1.54) is 0 Å². The number of carbonyl (C=O) groups is 2. The summed E-state index contributed by atoms with van der Waals surface area (Å²) in [6.07, 6.45) is 5.48. The first kappa shape index (κ1) is 30.4. The molecule has 41 heavy (non-hydrogen) atoms. The number of hydrogen-bond donors (Lipinski definition) is 0. The van der Waals surface area contributed by atoms with Crippen molar-refractivity contribution in [1.82, 2.24) is 4.98 Å². The number of benzene rings is 3. The number of aromatic nitrogens is 1. The van der Waals surface area contributed by atoms with Crippen LogP contribution in [0, 0.1) is 0 Å². The molecule has 0 amide bonds. The van der Waals surface area contributed by atoms with E-state index >= 15 is 0 Å². The summed E-state index contributed by atoms with van der Waals surface area (Å²) in [6.45, 7) is 9.30. The third-order valence-electron chi connectivity index (χ3n) is 7.17. The molecule has 0 aliphatic rings. The van der Waals surface area contributed by atoms with E-state index in [1.807, 2.05) is 97.9 Å². The lowest BCUT2D eigenvalue weighted by atomic mass is 9.89. The Labute approximate surface area is 249 Å². The second-order valence-corrected chi connectivity index (χ2v) is 17.7. The molecule has 1 unspecified atom stereocenters. The van der Waals surface area contributed by atoms with Crippen LogP contribution < -0.4 is 0 Å². The minimum absolute atomic E-state index is 0.0688. The minimum atomic E-state index is -1.28. The lowest BCUT2D eigenvalue weighted by Crippen LogP contribution is -2.24. The third-order valence-corrected chi connectivity index (χ3v) is 9.11. The van der Waals surface area contributed by atoms with Crippen molar-refractivity contribution in [2.24, 2.45) is 0 Å². The van der Waals surface area contributed by atoms with Crippen LogP contribution in [-0.2, 0) is 16.0 Å². The van der Waals surface area contributed by atoms with Gasteiger partial charge in [-0.05, 0) is 65.9 Å². The average molecular weight is 584 g/mol. The van der Waals surface area contributed by atoms with E-state index in [2.05, 4.69) is 24.6 Å². The molecule has 3 aromatic carbocycles. The molecule has 0 aliphatic heterocycles. The molecule has 0 bridgehead atoms. The Morgan fingerprint density at radius 3 is 2.51 bits per heavy atom. The van der Waals surface area contributed by atoms with E-state index in [0.717, 1.165) is 39.3 Å². The van der Waals surface area contributed by atoms with Gasteiger partial charge in [-0.2, -0.15) is 0 Å². The van der Waals surface area contributed by atoms with E-state index in [0.29, 0.717) is 36.5 Å². The molecule has 6 heteroatoms. The van der Waals surface area contributed by atoms with Crippen molar-refractivity contribution in [3.63, 3.8) is 0 Å². The van der Waals surface area contributed by atoms with Crippen LogP contribution in [0.1, 0.15) is 58.4 Å². The quantitative estimate of drug-likeness (QED) is 0.0947. The Hall–Kier alpha value is -3.54. The second kappa shape index (κ2) is 13.9. The number of ketones is 1. The van der Waals surface area contributed by atoms with Gasteiger partial charge in [-0.25, -0.2) is 4.98 Å². The Morgan fingerprint density at radius 1 is 0.951 bits per heavy atom. The van der Waals surface area contributed by atoms with Crippen LogP contribution in [0.5, 0.6) is 0 Å². The fraction of sp³-hybridized carbons (Fsp3) is 0.286. The highest BCUT2D eigenvalue weighted by atomic mass is 35.5. The molecule has 1 heterocycles. The smallest absolute Gasteiger partial charge is 0.313 e. The zero-order valence-corrected chi connectivity index (χ0v) is 26.1. The number of Topliss-reactive ketones (excluding diaryl/α,β-unsaturated/α-hetero) is 1. The first-order valence-electron chi connectivity index (χ1n) is 14.2. The third kappa shape index (κ3) is 8.72. The number of nitrogens with zero attached hydrogens (tertiary/aromatic N) is 1. The summed E-state index contributed by atoms with van der Waals surface area (Å²) in [5.41, 5.74) is 5.23. The van der Waals surface area contributed by atoms with Crippen molar-refractivity contribution < 1.29 is 14.3 Å². The highest BCUT2D eigenvalue weighted by molar-refractivity contribution is 6.76. The van der Waals surface area contributed by atoms with E-state index < -0.39 is 8.07 Å². The van der Waals surface area contributed by atoms with Crippen molar-refractivity contribution in [3.05, 3.63) is 112 Å². The Morgan fingerprint density at radius 2 is 1.73 bits per heavy atom. The topological polar surface area (TPSA) is 56.3 Å². The SMILES string of the molecule is CCC(C(=O)OCC[Si](C)(C)C)c1ccccc1CCC(=O)c1cccc(/C=C/c2ccc3ccc(Cl)cc3n2)c1. The summed E-state index contributed by atoms with van der Waals surface area (Å²) in [5.74, 6) is -0.427. The molecular formula is C35H38ClNO3Si. The van der Waals surface area contributed by atoms with Crippen molar-refractivity contribution in [1.29, 1.82) is 0 Å². The number of aryl methyl sites for hydroxylation is 1. The number of hydrogen-bond acceptors (Lipinski definition) is 4. The average Bonchev–Trinajstić information content (AvgIpc) is 2.95. The van der Waals surface area contributed by atoms with Crippen LogP contribution in [-0.4, -0.2) is 31.4 Å². The molecule has 4 rings (SSSR count). The molecule has 1 aromatic heterocycles. The molecule has 4 nitrogen and oxygen atoms in total. The summed E-state index contributed by atoms with van der Waals surface area (Å²) < 4.78 is 5.68. The van der Waals surface area contributed by atoms with Crippen LogP contribution >= 0.6 is 11.6 Å². The maximum atomic E-state index is 13.2. The number of ether oxygens (including phenoxy) is 1. The normalized spacial score (nSPS) is 12.5. The number of esters is 1. The molecule has 0 aliphatic carbocycles. The number of carbonyl (C=O) groups excluding carboxylic acids is 2. The fourth-order valence-electron chi connectivity index (χ4n) is 4.76. The van der Waals surface area contributed by atoms with E-state index in [9.17, 15) is 9.59 Å². The van der Waals surface area contributed by atoms with Gasteiger partial charge in [0.15, 0.2) is 5.78 Å². The molecule has 0 saturated carbocycles. The van der Waals surface area contributed by atoms with Crippen molar-refractivity contribution in [3.8, 4) is 0 Å². The van der Waals surface area contributed by atoms with Gasteiger partial charge in [0.1, 0.15) is 0 Å². The zero-order valence-electron chi connectivity index (χ0n) is 24.3. The largest absolute Gasteiger partial charge is 0.466 e. The Bertz CT molecular complexity index is 1560.